The summed E-state index contributed by atoms with van der Waals surface area (Å²) in [7, 11) is 4.34. The van der Waals surface area contributed by atoms with Gasteiger partial charge in [0, 0.05) is 176 Å². The van der Waals surface area contributed by atoms with Gasteiger partial charge in [0.15, 0.2) is 11.6 Å². The van der Waals surface area contributed by atoms with Crippen LogP contribution in [0.25, 0.3) is 70.9 Å². The van der Waals surface area contributed by atoms with Crippen molar-refractivity contribution in [3.8, 4) is 17.6 Å². The summed E-state index contributed by atoms with van der Waals surface area (Å²) in [6, 6.07) is 59.9. The minimum absolute atomic E-state index is 0. The van der Waals surface area contributed by atoms with Gasteiger partial charge in [-0.05, 0) is 130 Å². The van der Waals surface area contributed by atoms with E-state index in [0.717, 1.165) is 103 Å². The number of carbonyl (C=O) groups is 2. The Morgan fingerprint density at radius 3 is 1.34 bits per heavy atom. The van der Waals surface area contributed by atoms with Crippen molar-refractivity contribution in [2.75, 3.05) is 6.61 Å². The fourth-order valence-electron chi connectivity index (χ4n) is 8.58. The third kappa shape index (κ3) is 25.7. The van der Waals surface area contributed by atoms with Gasteiger partial charge in [-0.15, -0.1) is 0 Å². The van der Waals surface area contributed by atoms with Crippen LogP contribution in [0.1, 0.15) is 95.3 Å². The second kappa shape index (κ2) is 40.9. The smallest absolute Gasteiger partial charge is 0.189 e. The van der Waals surface area contributed by atoms with Crippen LogP contribution in [0.2, 0.25) is 0 Å². The number of aliphatic hydroxyl groups is 2. The summed E-state index contributed by atoms with van der Waals surface area (Å²) in [4.78, 5) is 39.9. The Labute approximate surface area is 606 Å². The van der Waals surface area contributed by atoms with Crippen molar-refractivity contribution in [3.63, 3.8) is 0 Å². The van der Waals surface area contributed by atoms with Gasteiger partial charge in [-0.25, -0.2) is 0 Å². The van der Waals surface area contributed by atoms with Gasteiger partial charge in [0.1, 0.15) is 11.5 Å². The largest absolute Gasteiger partial charge is 0.512 e. The SMILES string of the molecule is C.C.CC(=O)C=C(C)O.Cc1ccc(C)c(OCCCCCC(C)(C)C#N)c1.N#CP(P)P.O=C(C=C(O)c1ccc2ccccc2c1)c1ccc2ccccc2c1.[Eu].[Eu].c1cnc2c(c1)ccc1cccnc12.c1cnc2c(c1)ccc1cccnc12. The van der Waals surface area contributed by atoms with E-state index in [1.54, 1.807) is 30.9 Å². The van der Waals surface area contributed by atoms with Crippen LogP contribution in [0, 0.1) is 140 Å². The number of aromatic nitrogens is 4. The number of aryl methyl sites for hydroxylation is 2. The molecule has 4 aromatic heterocycles. The van der Waals surface area contributed by atoms with Gasteiger partial charge < -0.3 is 14.9 Å². The van der Waals surface area contributed by atoms with Crippen molar-refractivity contribution < 1.29 is 123 Å². The average Bonchev–Trinajstić information content (AvgIpc) is 3.44. The normalized spacial score (nSPS) is 10.5. The molecule has 0 saturated carbocycles. The Hall–Kier alpha value is -5.64. The molecule has 16 heteroatoms. The predicted molar refractivity (Wildman–Crippen MR) is 369 cm³/mol. The molecule has 4 heterocycles. The quantitative estimate of drug-likeness (QED) is 0.0314. The van der Waals surface area contributed by atoms with Crippen molar-refractivity contribution in [3.05, 3.63) is 241 Å². The Balaban J connectivity index is 0.000000378. The third-order valence-electron chi connectivity index (χ3n) is 12.9. The predicted octanol–water partition coefficient (Wildman–Crippen LogP) is 20.0. The first-order valence-electron chi connectivity index (χ1n) is 27.2. The molecule has 0 amide bonds. The molecule has 454 valence electrons. The molecule has 0 saturated heterocycles. The molecule has 0 aliphatic heterocycles. The van der Waals surface area contributed by atoms with Gasteiger partial charge >= 0.3 is 0 Å². The molecule has 88 heavy (non-hydrogen) atoms. The molecule has 0 aliphatic carbocycles. The number of benzene rings is 7. The van der Waals surface area contributed by atoms with E-state index in [4.69, 9.17) is 20.4 Å². The zero-order valence-corrected chi connectivity index (χ0v) is 57.0. The standard InChI is InChI=1S/C23H16O2.C17H25NO.2C12H8N2.C5H8O2.CH4NP3.2CH4.2Eu/c24-22(20-11-9-16-5-1-3-7-18(16)13-20)15-23(25)21-12-10-17-6-2-4-8-19(17)14-21;1-14-8-9-15(2)16(12-14)19-11-7-5-6-10-17(3,4)13-18;2*1-3-9-5-6-10-4-2-8-14-12(10)11(9)13-7-1;1-4(6)3-5(2)7;2-1-5(3)4;;;;/h1-15,24H;8-9,12H,5-7,10-11H2,1-4H3;2*1-8H;3,6H,1-2H3;3-4H2;2*1H4;;. The summed E-state index contributed by atoms with van der Waals surface area (Å²) in [6.07, 6.45) is 13.9. The van der Waals surface area contributed by atoms with E-state index in [1.807, 2.05) is 123 Å². The Morgan fingerprint density at radius 1 is 0.545 bits per heavy atom. The number of nitriles is 2. The number of carbonyl (C=O) groups excluding carboxylic acids is 2. The van der Waals surface area contributed by atoms with E-state index < -0.39 is 7.30 Å². The molecule has 11 nitrogen and oxygen atoms in total. The maximum atomic E-state index is 12.5. The summed E-state index contributed by atoms with van der Waals surface area (Å²) in [6.45, 7) is 11.8. The van der Waals surface area contributed by atoms with Crippen LogP contribution < -0.4 is 4.74 Å². The van der Waals surface area contributed by atoms with Crippen LogP contribution in [-0.2, 0) is 4.79 Å². The van der Waals surface area contributed by atoms with Crippen molar-refractivity contribution in [1.29, 1.82) is 10.5 Å². The number of aliphatic hydroxyl groups excluding tert-OH is 2. The van der Waals surface area contributed by atoms with E-state index in [-0.39, 0.29) is 142 Å². The van der Waals surface area contributed by atoms with Crippen molar-refractivity contribution in [2.24, 2.45) is 5.41 Å². The van der Waals surface area contributed by atoms with Crippen molar-refractivity contribution in [1.82, 2.24) is 19.9 Å². The van der Waals surface area contributed by atoms with Crippen LogP contribution >= 0.6 is 25.2 Å². The van der Waals surface area contributed by atoms with Gasteiger partial charge in [0.25, 0.3) is 0 Å². The van der Waals surface area contributed by atoms with E-state index in [9.17, 15) is 14.7 Å². The zero-order chi connectivity index (χ0) is 60.4. The van der Waals surface area contributed by atoms with Crippen LogP contribution in [0.15, 0.2) is 219 Å². The first-order chi connectivity index (χ1) is 40.4. The third-order valence-corrected chi connectivity index (χ3v) is 13.8. The number of fused-ring (bicyclic) bond motifs is 8. The molecule has 2 atom stereocenters. The van der Waals surface area contributed by atoms with Crippen molar-refractivity contribution in [2.45, 2.75) is 82.1 Å². The fraction of sp³-hybridized carbons (Fsp3) is 0.194. The van der Waals surface area contributed by atoms with E-state index in [2.05, 4.69) is 124 Å². The number of pyridine rings is 4. The van der Waals surface area contributed by atoms with Gasteiger partial charge in [-0.1, -0.05) is 179 Å². The molecular formula is C72H77Eu2N6O5P3. The summed E-state index contributed by atoms with van der Waals surface area (Å²) < 4.78 is 5.81. The van der Waals surface area contributed by atoms with E-state index in [1.165, 1.54) is 37.1 Å². The summed E-state index contributed by atoms with van der Waals surface area (Å²) in [5, 5.41) is 44.3. The van der Waals surface area contributed by atoms with Gasteiger partial charge in [-0.3, -0.25) is 29.5 Å². The number of ketones is 2. The first kappa shape index (κ1) is 78.5. The maximum absolute atomic E-state index is 12.5. The monoisotopic (exact) mass is 1500 g/mol. The molecule has 0 fully saturated rings. The number of rotatable bonds is 11. The minimum atomic E-state index is -0.459. The molecule has 7 aromatic carbocycles. The molecule has 0 aliphatic rings. The molecular weight excluding hydrogens is 1430 g/mol. The summed E-state index contributed by atoms with van der Waals surface area (Å²) in [5.41, 5.74) is 7.34. The second-order valence-electron chi connectivity index (χ2n) is 20.3. The number of nitrogens with zero attached hydrogens (tertiary/aromatic N) is 6. The maximum Gasteiger partial charge on any atom is 0.189 e. The Bertz CT molecular complexity index is 3960. The van der Waals surface area contributed by atoms with Crippen molar-refractivity contribution >= 4 is 108 Å². The van der Waals surface area contributed by atoms with Gasteiger partial charge in [0.2, 0.25) is 0 Å². The summed E-state index contributed by atoms with van der Waals surface area (Å²) in [5.74, 6) is 2.72. The minimum Gasteiger partial charge on any atom is -0.512 e. The fourth-order valence-corrected chi connectivity index (χ4v) is 8.58. The summed E-state index contributed by atoms with van der Waals surface area (Å²) >= 11 is 0. The first-order valence-corrected chi connectivity index (χ1v) is 31.8. The van der Waals surface area contributed by atoms with E-state index in [0.29, 0.717) is 11.1 Å². The number of hydrogen-bond donors (Lipinski definition) is 2. The number of allylic oxidation sites excluding steroid dienone is 3. The zero-order valence-electron chi connectivity index (χ0n) is 48.9. The molecule has 2 radical (unpaired) electrons. The Kier molecular flexibility index (Phi) is 36.4. The number of hydrogen-bond acceptors (Lipinski definition) is 11. The molecule has 0 spiro atoms. The second-order valence-corrected chi connectivity index (χ2v) is 26.4. The number of unbranched alkanes of at least 4 members (excludes halogenated alkanes) is 2. The molecule has 11 rings (SSSR count). The van der Waals surface area contributed by atoms with Crippen LogP contribution in [-0.4, -0.2) is 48.3 Å². The molecule has 2 N–H and O–H groups in total. The Morgan fingerprint density at radius 2 is 0.943 bits per heavy atom. The topological polar surface area (TPSA) is 183 Å². The molecule has 0 bridgehead atoms. The molecule has 2 unspecified atom stereocenters. The van der Waals surface area contributed by atoms with Crippen LogP contribution in [0.5, 0.6) is 5.75 Å². The molecule has 11 aromatic rings. The van der Waals surface area contributed by atoms with Crippen LogP contribution in [0.4, 0.5) is 0 Å². The van der Waals surface area contributed by atoms with Gasteiger partial charge in [0.05, 0.1) is 51.7 Å². The van der Waals surface area contributed by atoms with Crippen LogP contribution in [0.3, 0.4) is 0 Å². The van der Waals surface area contributed by atoms with Gasteiger partial charge in [-0.2, -0.15) is 10.5 Å². The number of ether oxygens (including phenoxy) is 1. The average molecular weight is 1500 g/mol. The van der Waals surface area contributed by atoms with E-state index >= 15 is 0 Å².